The van der Waals surface area contributed by atoms with Crippen molar-refractivity contribution < 1.29 is 0 Å². The van der Waals surface area contributed by atoms with E-state index in [-0.39, 0.29) is 0 Å². The van der Waals surface area contributed by atoms with Gasteiger partial charge in [0.1, 0.15) is 0 Å². The van der Waals surface area contributed by atoms with Gasteiger partial charge in [-0.25, -0.2) is 0 Å². The Morgan fingerprint density at radius 2 is 2.16 bits per heavy atom. The number of hydrogen-bond acceptors (Lipinski definition) is 3. The molecular formula is C14H23N5. The number of nitrogens with one attached hydrogen (secondary N) is 1. The van der Waals surface area contributed by atoms with Crippen LogP contribution in [0.4, 0.5) is 0 Å². The molecule has 2 heterocycles. The Morgan fingerprint density at radius 3 is 2.79 bits per heavy atom. The van der Waals surface area contributed by atoms with Crippen LogP contribution in [0.25, 0.3) is 0 Å². The second-order valence-electron chi connectivity index (χ2n) is 4.75. The van der Waals surface area contributed by atoms with Gasteiger partial charge in [0.15, 0.2) is 0 Å². The standard InChI is InChI=1S/C14H23N5/c1-4-13-8-14(19(5-2)17-13)10-15-6-7-18-11-12(3)9-16-18/h8-9,11,15H,4-7,10H2,1-3H3. The highest BCUT2D eigenvalue weighted by atomic mass is 15.3. The van der Waals surface area contributed by atoms with Gasteiger partial charge in [-0.2, -0.15) is 10.2 Å². The monoisotopic (exact) mass is 261 g/mol. The predicted molar refractivity (Wildman–Crippen MR) is 75.9 cm³/mol. The summed E-state index contributed by atoms with van der Waals surface area (Å²) in [5.41, 5.74) is 3.63. The fraction of sp³-hybridized carbons (Fsp3) is 0.571. The van der Waals surface area contributed by atoms with Crippen molar-refractivity contribution in [2.24, 2.45) is 0 Å². The van der Waals surface area contributed by atoms with E-state index in [0.29, 0.717) is 0 Å². The molecule has 0 radical (unpaired) electrons. The van der Waals surface area contributed by atoms with E-state index in [1.165, 1.54) is 17.0 Å². The first-order valence-electron chi connectivity index (χ1n) is 6.98. The largest absolute Gasteiger partial charge is 0.309 e. The van der Waals surface area contributed by atoms with Gasteiger partial charge in [0.25, 0.3) is 0 Å². The highest BCUT2D eigenvalue weighted by molar-refractivity contribution is 5.10. The summed E-state index contributed by atoms with van der Waals surface area (Å²) in [6, 6.07) is 2.19. The highest BCUT2D eigenvalue weighted by Crippen LogP contribution is 2.05. The van der Waals surface area contributed by atoms with Crippen LogP contribution in [0.15, 0.2) is 18.5 Å². The highest BCUT2D eigenvalue weighted by Gasteiger charge is 2.04. The van der Waals surface area contributed by atoms with E-state index in [9.17, 15) is 0 Å². The zero-order chi connectivity index (χ0) is 13.7. The second-order valence-corrected chi connectivity index (χ2v) is 4.75. The van der Waals surface area contributed by atoms with Crippen molar-refractivity contribution in [3.05, 3.63) is 35.4 Å². The third kappa shape index (κ3) is 3.67. The normalized spacial score (nSPS) is 11.1. The zero-order valence-electron chi connectivity index (χ0n) is 12.1. The fourth-order valence-electron chi connectivity index (χ4n) is 2.10. The third-order valence-electron chi connectivity index (χ3n) is 3.16. The minimum absolute atomic E-state index is 0.862. The number of aromatic nitrogens is 4. The first-order valence-corrected chi connectivity index (χ1v) is 6.98. The molecule has 0 fully saturated rings. The van der Waals surface area contributed by atoms with E-state index in [2.05, 4.69) is 53.2 Å². The molecule has 104 valence electrons. The van der Waals surface area contributed by atoms with Crippen LogP contribution in [0, 0.1) is 6.92 Å². The molecule has 0 atom stereocenters. The SMILES string of the molecule is CCc1cc(CNCCn2cc(C)cn2)n(CC)n1. The van der Waals surface area contributed by atoms with Crippen LogP contribution in [0.5, 0.6) is 0 Å². The number of hydrogen-bond donors (Lipinski definition) is 1. The summed E-state index contributed by atoms with van der Waals surface area (Å²) in [5.74, 6) is 0. The third-order valence-corrected chi connectivity index (χ3v) is 3.16. The van der Waals surface area contributed by atoms with Crippen molar-refractivity contribution in [3.8, 4) is 0 Å². The predicted octanol–water partition coefficient (Wildman–Crippen LogP) is 1.76. The Balaban J connectivity index is 1.80. The maximum Gasteiger partial charge on any atom is 0.0625 e. The van der Waals surface area contributed by atoms with Crippen LogP contribution in [0.3, 0.4) is 0 Å². The minimum atomic E-state index is 0.862. The van der Waals surface area contributed by atoms with Crippen LogP contribution < -0.4 is 5.32 Å². The molecule has 1 N–H and O–H groups in total. The molecule has 2 aromatic heterocycles. The summed E-state index contributed by atoms with van der Waals surface area (Å²) in [7, 11) is 0. The topological polar surface area (TPSA) is 47.7 Å². The average molecular weight is 261 g/mol. The quantitative estimate of drug-likeness (QED) is 0.773. The van der Waals surface area contributed by atoms with E-state index >= 15 is 0 Å². The molecule has 5 heteroatoms. The second kappa shape index (κ2) is 6.52. The van der Waals surface area contributed by atoms with Crippen molar-refractivity contribution in [3.63, 3.8) is 0 Å². The van der Waals surface area contributed by atoms with Crippen LogP contribution in [-0.2, 0) is 26.1 Å². The van der Waals surface area contributed by atoms with Gasteiger partial charge in [-0.3, -0.25) is 9.36 Å². The summed E-state index contributed by atoms with van der Waals surface area (Å²) in [6.45, 7) is 9.92. The van der Waals surface area contributed by atoms with Crippen molar-refractivity contribution in [1.29, 1.82) is 0 Å². The van der Waals surface area contributed by atoms with Crippen LogP contribution in [-0.4, -0.2) is 26.1 Å². The van der Waals surface area contributed by atoms with E-state index in [1.54, 1.807) is 0 Å². The molecule has 0 spiro atoms. The summed E-state index contributed by atoms with van der Waals surface area (Å²) < 4.78 is 4.04. The van der Waals surface area contributed by atoms with Crippen molar-refractivity contribution in [2.45, 2.75) is 46.8 Å². The van der Waals surface area contributed by atoms with Gasteiger partial charge < -0.3 is 5.32 Å². The first kappa shape index (κ1) is 13.8. The molecular weight excluding hydrogens is 238 g/mol. The molecule has 2 rings (SSSR count). The van der Waals surface area contributed by atoms with Crippen molar-refractivity contribution >= 4 is 0 Å². The fourth-order valence-corrected chi connectivity index (χ4v) is 2.10. The van der Waals surface area contributed by atoms with Gasteiger partial charge in [-0.15, -0.1) is 0 Å². The first-order chi connectivity index (χ1) is 9.22. The minimum Gasteiger partial charge on any atom is -0.309 e. The smallest absolute Gasteiger partial charge is 0.0625 e. The molecule has 0 aliphatic rings. The molecule has 0 unspecified atom stereocenters. The summed E-state index contributed by atoms with van der Waals surface area (Å²) in [5, 5.41) is 12.3. The lowest BCUT2D eigenvalue weighted by molar-refractivity contribution is 0.531. The van der Waals surface area contributed by atoms with Gasteiger partial charge in [0, 0.05) is 25.8 Å². The van der Waals surface area contributed by atoms with E-state index < -0.39 is 0 Å². The molecule has 0 bridgehead atoms. The van der Waals surface area contributed by atoms with Crippen molar-refractivity contribution in [1.82, 2.24) is 24.9 Å². The molecule has 19 heavy (non-hydrogen) atoms. The number of aryl methyl sites for hydroxylation is 3. The molecule has 0 aliphatic carbocycles. The van der Waals surface area contributed by atoms with Gasteiger partial charge >= 0.3 is 0 Å². The lowest BCUT2D eigenvalue weighted by atomic mass is 10.3. The van der Waals surface area contributed by atoms with Crippen LogP contribution >= 0.6 is 0 Å². The molecule has 0 amide bonds. The lowest BCUT2D eigenvalue weighted by Gasteiger charge is -2.06. The maximum atomic E-state index is 4.55. The van der Waals surface area contributed by atoms with Crippen LogP contribution in [0.1, 0.15) is 30.8 Å². The Morgan fingerprint density at radius 1 is 1.32 bits per heavy atom. The van der Waals surface area contributed by atoms with Crippen molar-refractivity contribution in [2.75, 3.05) is 6.54 Å². The number of nitrogens with zero attached hydrogens (tertiary/aromatic N) is 4. The van der Waals surface area contributed by atoms with E-state index in [0.717, 1.165) is 32.6 Å². The maximum absolute atomic E-state index is 4.55. The molecule has 5 nitrogen and oxygen atoms in total. The van der Waals surface area contributed by atoms with Gasteiger partial charge in [-0.1, -0.05) is 6.92 Å². The van der Waals surface area contributed by atoms with E-state index in [1.807, 2.05) is 10.9 Å². The lowest BCUT2D eigenvalue weighted by Crippen LogP contribution is -2.21. The van der Waals surface area contributed by atoms with Gasteiger partial charge in [-0.05, 0) is 31.9 Å². The molecule has 2 aromatic rings. The summed E-state index contributed by atoms with van der Waals surface area (Å²) >= 11 is 0. The summed E-state index contributed by atoms with van der Waals surface area (Å²) in [4.78, 5) is 0. The zero-order valence-corrected chi connectivity index (χ0v) is 12.1. The Bertz CT molecular complexity index is 512. The Labute approximate surface area is 114 Å². The molecule has 0 aromatic carbocycles. The molecule has 0 aliphatic heterocycles. The molecule has 0 saturated carbocycles. The summed E-state index contributed by atoms with van der Waals surface area (Å²) in [6.07, 6.45) is 4.94. The van der Waals surface area contributed by atoms with Gasteiger partial charge in [0.05, 0.1) is 24.1 Å². The van der Waals surface area contributed by atoms with E-state index in [4.69, 9.17) is 0 Å². The van der Waals surface area contributed by atoms with Crippen LogP contribution in [0.2, 0.25) is 0 Å². The molecule has 0 saturated heterocycles. The average Bonchev–Trinajstić information content (AvgIpc) is 3.00. The van der Waals surface area contributed by atoms with Gasteiger partial charge in [0.2, 0.25) is 0 Å². The number of rotatable bonds is 7. The Hall–Kier alpha value is -1.62. The Kier molecular flexibility index (Phi) is 4.74.